The van der Waals surface area contributed by atoms with Crippen LogP contribution in [0.15, 0.2) is 36.4 Å². The molecule has 50 heavy (non-hydrogen) atoms. The van der Waals surface area contributed by atoms with Gasteiger partial charge in [-0.2, -0.15) is 13.2 Å². The van der Waals surface area contributed by atoms with Crippen LogP contribution in [-0.2, 0) is 15.6 Å². The van der Waals surface area contributed by atoms with E-state index in [-0.39, 0.29) is 49.8 Å². The topological polar surface area (TPSA) is 53.1 Å². The van der Waals surface area contributed by atoms with Crippen molar-refractivity contribution in [2.75, 3.05) is 32.7 Å². The van der Waals surface area contributed by atoms with Crippen LogP contribution in [0.5, 0.6) is 0 Å². The molecule has 0 bridgehead atoms. The van der Waals surface area contributed by atoms with E-state index in [1.165, 1.54) is 4.90 Å². The van der Waals surface area contributed by atoms with Crippen LogP contribution in [0.4, 0.5) is 13.2 Å². The number of benzene rings is 2. The minimum atomic E-state index is -4.22. The van der Waals surface area contributed by atoms with Crippen LogP contribution in [0.2, 0.25) is 26.7 Å². The quantitative estimate of drug-likeness (QED) is 0.227. The third kappa shape index (κ3) is 8.25. The molecule has 1 atom stereocenters. The van der Waals surface area contributed by atoms with Crippen molar-refractivity contribution in [2.45, 2.75) is 109 Å². The molecule has 276 valence electrons. The minimum Gasteiger partial charge on any atom is -0.413 e. The molecular weight excluding hydrogens is 702 g/mol. The number of hydrazine groups is 1. The number of alkyl halides is 3. The van der Waals surface area contributed by atoms with Gasteiger partial charge in [-0.25, -0.2) is 5.01 Å². The second-order valence-electron chi connectivity index (χ2n) is 15.3. The molecule has 5 rings (SSSR count). The van der Waals surface area contributed by atoms with E-state index in [4.69, 9.17) is 27.6 Å². The number of carbonyl (C=O) groups is 2. The number of nitrogens with zero attached hydrogens (tertiary/aromatic N) is 3. The van der Waals surface area contributed by atoms with Crippen LogP contribution in [-0.4, -0.2) is 80.1 Å². The normalized spacial score (nSPS) is 20.6. The Kier molecular flexibility index (Phi) is 12.4. The third-order valence-electron chi connectivity index (χ3n) is 11.4. The Morgan fingerprint density at radius 3 is 1.86 bits per heavy atom. The molecule has 2 aromatic carbocycles. The van der Waals surface area contributed by atoms with Gasteiger partial charge >= 0.3 is 6.18 Å². The summed E-state index contributed by atoms with van der Waals surface area (Å²) in [5.74, 6) is -1.73. The lowest BCUT2D eigenvalue weighted by Crippen LogP contribution is -2.54. The summed E-state index contributed by atoms with van der Waals surface area (Å²) in [6.07, 6.45) is -1.11. The number of halogens is 5. The van der Waals surface area contributed by atoms with E-state index >= 15 is 0 Å². The Morgan fingerprint density at radius 1 is 0.820 bits per heavy atom. The molecule has 3 heterocycles. The van der Waals surface area contributed by atoms with Gasteiger partial charge in [0.25, 0.3) is 5.91 Å². The summed E-state index contributed by atoms with van der Waals surface area (Å²) in [4.78, 5) is 28.1. The zero-order valence-corrected chi connectivity index (χ0v) is 32.7. The van der Waals surface area contributed by atoms with Crippen molar-refractivity contribution >= 4 is 43.3 Å². The predicted molar refractivity (Wildman–Crippen MR) is 197 cm³/mol. The maximum atomic E-state index is 13.7. The largest absolute Gasteiger partial charge is 0.413 e. The summed E-state index contributed by atoms with van der Waals surface area (Å²) in [6, 6.07) is 10.6. The highest BCUT2D eigenvalue weighted by Gasteiger charge is 2.47. The Morgan fingerprint density at radius 2 is 1.36 bits per heavy atom. The summed E-state index contributed by atoms with van der Waals surface area (Å²) in [7, 11) is -1.96. The van der Waals surface area contributed by atoms with Crippen LogP contribution < -0.4 is 0 Å². The number of hydrogen-bond donors (Lipinski definition) is 0. The highest BCUT2D eigenvalue weighted by molar-refractivity contribution is 6.77. The van der Waals surface area contributed by atoms with Crippen LogP contribution >= 0.6 is 23.2 Å². The summed E-state index contributed by atoms with van der Waals surface area (Å²) >= 11 is 13.6. The van der Waals surface area contributed by atoms with Gasteiger partial charge in [0.15, 0.2) is 0 Å². The van der Waals surface area contributed by atoms with Crippen molar-refractivity contribution in [2.24, 2.45) is 11.8 Å². The van der Waals surface area contributed by atoms with Gasteiger partial charge in [0.1, 0.15) is 0 Å². The number of piperidine rings is 2. The van der Waals surface area contributed by atoms with Crippen molar-refractivity contribution in [3.8, 4) is 11.1 Å². The lowest BCUT2D eigenvalue weighted by atomic mass is 9.95. The van der Waals surface area contributed by atoms with E-state index in [0.717, 1.165) is 49.0 Å². The van der Waals surface area contributed by atoms with E-state index in [2.05, 4.69) is 46.6 Å². The van der Waals surface area contributed by atoms with Gasteiger partial charge in [-0.05, 0) is 96.1 Å². The molecular formula is C38H52Cl2F3N3O3Si. The highest BCUT2D eigenvalue weighted by Crippen LogP contribution is 2.44. The molecule has 6 nitrogen and oxygen atoms in total. The van der Waals surface area contributed by atoms with Gasteiger partial charge in [-0.1, -0.05) is 76.9 Å². The molecule has 3 aliphatic rings. The Hall–Kier alpha value is -2.11. The average molecular weight is 755 g/mol. The van der Waals surface area contributed by atoms with Crippen molar-refractivity contribution in [1.29, 1.82) is 0 Å². The molecule has 0 radical (unpaired) electrons. The average Bonchev–Trinajstić information content (AvgIpc) is 3.43. The zero-order chi connectivity index (χ0) is 36.5. The van der Waals surface area contributed by atoms with Crippen LogP contribution in [0.1, 0.15) is 89.6 Å². The number of amides is 2. The fourth-order valence-corrected chi connectivity index (χ4v) is 15.0. The monoisotopic (exact) mass is 753 g/mol. The summed E-state index contributed by atoms with van der Waals surface area (Å²) in [6.45, 7) is 16.4. The summed E-state index contributed by atoms with van der Waals surface area (Å²) in [5, 5.41) is 5.10. The van der Waals surface area contributed by atoms with E-state index in [0.29, 0.717) is 45.2 Å². The van der Waals surface area contributed by atoms with Crippen molar-refractivity contribution in [1.82, 2.24) is 14.9 Å². The molecule has 2 aromatic rings. The first-order chi connectivity index (χ1) is 23.5. The number of rotatable bonds is 10. The zero-order valence-electron chi connectivity index (χ0n) is 30.2. The molecule has 0 aromatic heterocycles. The van der Waals surface area contributed by atoms with E-state index in [1.54, 1.807) is 24.3 Å². The van der Waals surface area contributed by atoms with E-state index in [1.807, 2.05) is 17.1 Å². The Balaban J connectivity index is 1.17. The van der Waals surface area contributed by atoms with Crippen molar-refractivity contribution in [3.05, 3.63) is 57.6 Å². The second-order valence-corrected chi connectivity index (χ2v) is 21.6. The van der Waals surface area contributed by atoms with Gasteiger partial charge < -0.3 is 9.33 Å². The molecule has 0 aliphatic carbocycles. The number of carbonyl (C=O) groups excluding carboxylic acids is 2. The maximum absolute atomic E-state index is 13.7. The fraction of sp³-hybridized carbons (Fsp3) is 0.632. The smallest absolute Gasteiger partial charge is 0.391 e. The Labute approximate surface area is 306 Å². The van der Waals surface area contributed by atoms with Gasteiger partial charge in [0.05, 0.1) is 5.92 Å². The van der Waals surface area contributed by atoms with Gasteiger partial charge in [0, 0.05) is 60.4 Å². The lowest BCUT2D eigenvalue weighted by molar-refractivity contribution is -0.183. The van der Waals surface area contributed by atoms with Gasteiger partial charge in [-0.15, -0.1) is 0 Å². The molecule has 0 spiro atoms. The highest BCUT2D eigenvalue weighted by atomic mass is 35.5. The van der Waals surface area contributed by atoms with E-state index in [9.17, 15) is 22.8 Å². The number of likely N-dealkylation sites (tertiary alicyclic amines) is 1. The summed E-state index contributed by atoms with van der Waals surface area (Å²) in [5.41, 5.74) is 4.37. The molecule has 12 heteroatoms. The van der Waals surface area contributed by atoms with Crippen LogP contribution in [0.3, 0.4) is 0 Å². The minimum absolute atomic E-state index is 0.0767. The first-order valence-electron chi connectivity index (χ1n) is 18.2. The lowest BCUT2D eigenvalue weighted by Gasteiger charge is -2.47. The van der Waals surface area contributed by atoms with Gasteiger partial charge in [0.2, 0.25) is 14.2 Å². The van der Waals surface area contributed by atoms with E-state index < -0.39 is 20.4 Å². The molecule has 0 unspecified atom stereocenters. The SMILES string of the molecule is CC(C)[Si](OC1CCN(N2CC[C@@H](Cc3c(Cl)cc(-c4ccc(C(=O)N5CCC(C(F)(F)F)CC5)cc4)cc3Cl)C2=O)CC1)(C(C)C)C(C)C. The van der Waals surface area contributed by atoms with Crippen molar-refractivity contribution in [3.63, 3.8) is 0 Å². The van der Waals surface area contributed by atoms with Gasteiger partial charge in [-0.3, -0.25) is 14.6 Å². The first kappa shape index (κ1) is 39.1. The fourth-order valence-electron chi connectivity index (χ4n) is 8.70. The van der Waals surface area contributed by atoms with Crippen molar-refractivity contribution < 1.29 is 27.2 Å². The second kappa shape index (κ2) is 15.9. The molecule has 3 saturated heterocycles. The number of hydrogen-bond acceptors (Lipinski definition) is 4. The van der Waals surface area contributed by atoms with Crippen LogP contribution in [0, 0.1) is 11.8 Å². The maximum Gasteiger partial charge on any atom is 0.391 e. The third-order valence-corrected chi connectivity index (χ3v) is 18.3. The van der Waals surface area contributed by atoms with Crippen LogP contribution in [0.25, 0.3) is 11.1 Å². The first-order valence-corrected chi connectivity index (χ1v) is 21.1. The summed E-state index contributed by atoms with van der Waals surface area (Å²) < 4.78 is 46.2. The molecule has 3 aliphatic heterocycles. The Bertz CT molecular complexity index is 1460. The molecule has 0 saturated carbocycles. The standard InChI is InChI=1S/C38H52Cl2F3N3O3Si/c1-24(2)50(25(3)4,26(5)6)49-32-14-18-45(19-15-32)46-20-11-29(37(46)48)21-33-34(39)22-30(23-35(33)40)27-7-9-28(10-8-27)36(47)44-16-12-31(13-17-44)38(41,42)43/h7-10,22-26,29,31-32H,11-21H2,1-6H3/t29-/m0/s1. The molecule has 0 N–H and O–H groups in total. The molecule has 2 amide bonds. The molecule has 3 fully saturated rings. The predicted octanol–water partition coefficient (Wildman–Crippen LogP) is 10.0.